The fraction of sp³-hybridized carbons (Fsp3) is 0.0833. The number of allylic oxidation sites excluding steroid dienone is 7. The van der Waals surface area contributed by atoms with Crippen LogP contribution in [0.15, 0.2) is 59.9 Å². The summed E-state index contributed by atoms with van der Waals surface area (Å²) in [4.78, 5) is 13.9. The molecule has 0 radical (unpaired) electrons. The van der Waals surface area contributed by atoms with Gasteiger partial charge in [0.15, 0.2) is 5.69 Å². The third kappa shape index (κ3) is 4.56. The molecule has 0 saturated carbocycles. The van der Waals surface area contributed by atoms with E-state index >= 15 is 0 Å². The van der Waals surface area contributed by atoms with Crippen LogP contribution in [0.2, 0.25) is 0 Å². The van der Waals surface area contributed by atoms with Gasteiger partial charge in [-0.15, -0.1) is 0 Å². The average molecular weight is 602 g/mol. The van der Waals surface area contributed by atoms with Crippen LogP contribution in [0, 0.1) is 74.1 Å². The molecule has 46 heavy (non-hydrogen) atoms. The lowest BCUT2D eigenvalue weighted by atomic mass is 9.90. The number of benzene rings is 3. The summed E-state index contributed by atoms with van der Waals surface area (Å²) in [5.74, 6) is 0. The first-order chi connectivity index (χ1) is 22.0. The van der Waals surface area contributed by atoms with Gasteiger partial charge in [0.2, 0.25) is 5.70 Å². The van der Waals surface area contributed by atoms with Crippen LogP contribution in [0.25, 0.3) is 52.9 Å². The molecule has 0 heterocycles. The number of alkyl halides is 3. The van der Waals surface area contributed by atoms with Gasteiger partial charge in [-0.1, -0.05) is 30.3 Å². The highest BCUT2D eigenvalue weighted by molar-refractivity contribution is 6.29. The van der Waals surface area contributed by atoms with Crippen molar-refractivity contribution in [2.75, 3.05) is 0 Å². The number of fused-ring (bicyclic) bond motifs is 2. The van der Waals surface area contributed by atoms with Crippen molar-refractivity contribution in [3.8, 4) is 18.2 Å². The number of rotatable bonds is 2. The van der Waals surface area contributed by atoms with E-state index in [1.165, 1.54) is 25.1 Å². The number of hydrogen-bond acceptors (Lipinski definition) is 3. The first-order valence-corrected chi connectivity index (χ1v) is 13.2. The van der Waals surface area contributed by atoms with Crippen LogP contribution in [0.1, 0.15) is 50.1 Å². The number of aryl methyl sites for hydroxylation is 2. The summed E-state index contributed by atoms with van der Waals surface area (Å²) < 4.78 is 41.5. The molecule has 0 saturated heterocycles. The highest BCUT2D eigenvalue weighted by Crippen LogP contribution is 2.55. The Balaban J connectivity index is 1.93. The fourth-order valence-electron chi connectivity index (χ4n) is 5.79. The summed E-state index contributed by atoms with van der Waals surface area (Å²) in [6.45, 7) is 34.1. The molecule has 0 bridgehead atoms. The number of halogens is 3. The Hall–Kier alpha value is -7.16. The first kappa shape index (κ1) is 30.3. The molecule has 0 N–H and O–H groups in total. The van der Waals surface area contributed by atoms with Crippen LogP contribution in [-0.4, -0.2) is 0 Å². The molecule has 0 unspecified atom stereocenters. The number of nitrogens with zero attached hydrogens (tertiary/aromatic N) is 7. The van der Waals surface area contributed by atoms with Gasteiger partial charge in [0, 0.05) is 5.57 Å². The van der Waals surface area contributed by atoms with Gasteiger partial charge in [-0.2, -0.15) is 18.4 Å². The van der Waals surface area contributed by atoms with Gasteiger partial charge >= 0.3 is 6.18 Å². The van der Waals surface area contributed by atoms with Crippen molar-refractivity contribution >= 4 is 39.2 Å². The zero-order valence-corrected chi connectivity index (χ0v) is 23.9. The van der Waals surface area contributed by atoms with Crippen molar-refractivity contribution < 1.29 is 13.2 Å². The van der Waals surface area contributed by atoms with Crippen LogP contribution in [0.4, 0.5) is 18.9 Å². The lowest BCUT2D eigenvalue weighted by Crippen LogP contribution is -2.06. The van der Waals surface area contributed by atoms with Gasteiger partial charge in [0.1, 0.15) is 6.07 Å². The second-order valence-corrected chi connectivity index (χ2v) is 10.2. The topological polar surface area (TPSA) is 88.8 Å². The molecule has 0 spiro atoms. The molecule has 3 aromatic rings. The monoisotopic (exact) mass is 601 g/mol. The standard InChI is InChI=1S/C36H14F3N7/c1-18-9-21(12-22(10-18)36(37,38)39)31-27(15-40)23-13-26-25(14-24(23)33(31)29(16-41)44-4)34(30(17-42)45-5)32(35(26)46-6)20-7-8-28(43-3)19(2)11-20/h7-14H,1-2H3/b33-29+,34-30-. The maximum atomic E-state index is 13.8. The van der Waals surface area contributed by atoms with Crippen molar-refractivity contribution in [1.29, 1.82) is 15.8 Å². The molecule has 0 atom stereocenters. The van der Waals surface area contributed by atoms with E-state index < -0.39 is 17.4 Å². The maximum absolute atomic E-state index is 13.8. The zero-order chi connectivity index (χ0) is 33.5. The Kier molecular flexibility index (Phi) is 7.35. The minimum absolute atomic E-state index is 0.0294. The largest absolute Gasteiger partial charge is 0.416 e. The normalized spacial score (nSPS) is 15.3. The van der Waals surface area contributed by atoms with Crippen LogP contribution >= 0.6 is 0 Å². The van der Waals surface area contributed by atoms with E-state index in [-0.39, 0.29) is 72.6 Å². The van der Waals surface area contributed by atoms with E-state index in [0.29, 0.717) is 16.8 Å². The minimum atomic E-state index is -4.72. The Morgan fingerprint density at radius 1 is 0.696 bits per heavy atom. The molecular weight excluding hydrogens is 587 g/mol. The van der Waals surface area contributed by atoms with Crippen LogP contribution in [0.5, 0.6) is 0 Å². The summed E-state index contributed by atoms with van der Waals surface area (Å²) in [5.41, 5.74) is 0.894. The van der Waals surface area contributed by atoms with Gasteiger partial charge in [-0.3, -0.25) is 0 Å². The maximum Gasteiger partial charge on any atom is 0.416 e. The van der Waals surface area contributed by atoms with Gasteiger partial charge in [0.25, 0.3) is 11.4 Å². The van der Waals surface area contributed by atoms with Gasteiger partial charge in [-0.05, 0) is 93.3 Å². The van der Waals surface area contributed by atoms with Crippen molar-refractivity contribution in [1.82, 2.24) is 0 Å². The highest BCUT2D eigenvalue weighted by Gasteiger charge is 2.38. The smallest absolute Gasteiger partial charge is 0.238 e. The molecular formula is C36H14F3N7. The summed E-state index contributed by atoms with van der Waals surface area (Å²) >= 11 is 0. The molecule has 0 aromatic heterocycles. The summed E-state index contributed by atoms with van der Waals surface area (Å²) in [6.07, 6.45) is -4.72. The number of nitriles is 3. The summed E-state index contributed by atoms with van der Waals surface area (Å²) in [7, 11) is 0. The number of hydrogen-bond donors (Lipinski definition) is 0. The molecule has 0 amide bonds. The summed E-state index contributed by atoms with van der Waals surface area (Å²) in [6, 6.07) is 16.7. The molecule has 3 aromatic carbocycles. The lowest BCUT2D eigenvalue weighted by molar-refractivity contribution is -0.137. The quantitative estimate of drug-likeness (QED) is 0.217. The predicted octanol–water partition coefficient (Wildman–Crippen LogP) is 9.43. The van der Waals surface area contributed by atoms with Crippen molar-refractivity contribution in [2.45, 2.75) is 20.0 Å². The third-order valence-electron chi connectivity index (χ3n) is 7.64. The van der Waals surface area contributed by atoms with Gasteiger partial charge in [-0.25, -0.2) is 29.9 Å². The summed E-state index contributed by atoms with van der Waals surface area (Å²) in [5, 5.41) is 30.3. The SMILES string of the molecule is [C-]#[N+]C1=C(c2ccc([N+]#[C-])c(C)c2)/C(=C(/C#N)[N+]#[C-])c2cc3c(cc21)C(C#N)=C(c1cc(C)cc(C(F)(F)F)c1)/C3=C(\C#N)[N+]#[C-]. The van der Waals surface area contributed by atoms with E-state index in [0.717, 1.165) is 12.1 Å². The van der Waals surface area contributed by atoms with Crippen LogP contribution < -0.4 is 0 Å². The first-order valence-electron chi connectivity index (χ1n) is 13.2. The Bertz CT molecular complexity index is 2350. The average Bonchev–Trinajstić information content (AvgIpc) is 3.52. The van der Waals surface area contributed by atoms with Gasteiger partial charge < -0.3 is 0 Å². The molecule has 214 valence electrons. The molecule has 0 aliphatic heterocycles. The van der Waals surface area contributed by atoms with E-state index in [1.54, 1.807) is 31.2 Å². The Labute approximate surface area is 261 Å². The molecule has 2 aliphatic rings. The second kappa shape index (κ2) is 11.2. The van der Waals surface area contributed by atoms with E-state index in [2.05, 4.69) is 19.4 Å². The highest BCUT2D eigenvalue weighted by atomic mass is 19.4. The molecule has 5 rings (SSSR count). The zero-order valence-electron chi connectivity index (χ0n) is 23.9. The molecule has 7 nitrogen and oxygen atoms in total. The third-order valence-corrected chi connectivity index (χ3v) is 7.64. The van der Waals surface area contributed by atoms with Crippen LogP contribution in [0.3, 0.4) is 0 Å². The van der Waals surface area contributed by atoms with Crippen LogP contribution in [-0.2, 0) is 6.18 Å². The van der Waals surface area contributed by atoms with Crippen molar-refractivity contribution in [3.63, 3.8) is 0 Å². The van der Waals surface area contributed by atoms with Crippen molar-refractivity contribution in [3.05, 3.63) is 156 Å². The lowest BCUT2D eigenvalue weighted by Gasteiger charge is -2.14. The van der Waals surface area contributed by atoms with E-state index in [9.17, 15) is 29.0 Å². The van der Waals surface area contributed by atoms with Crippen molar-refractivity contribution in [2.24, 2.45) is 0 Å². The van der Waals surface area contributed by atoms with Gasteiger partial charge in [0.05, 0.1) is 49.6 Å². The Morgan fingerprint density at radius 3 is 1.83 bits per heavy atom. The molecule has 10 heteroatoms. The second-order valence-electron chi connectivity index (χ2n) is 10.2. The Morgan fingerprint density at radius 2 is 1.30 bits per heavy atom. The van der Waals surface area contributed by atoms with E-state index in [1.807, 2.05) is 12.1 Å². The molecule has 0 fully saturated rings. The molecule has 2 aliphatic carbocycles. The fourth-order valence-corrected chi connectivity index (χ4v) is 5.79. The van der Waals surface area contributed by atoms with E-state index in [4.69, 9.17) is 26.3 Å². The minimum Gasteiger partial charge on any atom is -0.238 e. The predicted molar refractivity (Wildman–Crippen MR) is 164 cm³/mol.